The van der Waals surface area contributed by atoms with Crippen molar-refractivity contribution in [2.75, 3.05) is 29.3 Å². The summed E-state index contributed by atoms with van der Waals surface area (Å²) >= 11 is 0. The summed E-state index contributed by atoms with van der Waals surface area (Å²) in [5.74, 6) is -0.394. The smallest absolute Gasteiger partial charge is 0.281 e. The summed E-state index contributed by atoms with van der Waals surface area (Å²) in [6.07, 6.45) is 5.50. The zero-order valence-corrected chi connectivity index (χ0v) is 19.0. The lowest BCUT2D eigenvalue weighted by atomic mass is 10.0. The van der Waals surface area contributed by atoms with Gasteiger partial charge < -0.3 is 14.6 Å². The summed E-state index contributed by atoms with van der Waals surface area (Å²) < 4.78 is 46.9. The topological polar surface area (TPSA) is 105 Å². The monoisotopic (exact) mass is 470 g/mol. The Hall–Kier alpha value is -3.44. The molecule has 172 valence electrons. The number of anilines is 2. The number of pyridine rings is 1. The van der Waals surface area contributed by atoms with Crippen LogP contribution in [0.25, 0.3) is 22.2 Å². The first-order chi connectivity index (χ1) is 15.8. The van der Waals surface area contributed by atoms with E-state index in [-0.39, 0.29) is 17.3 Å². The van der Waals surface area contributed by atoms with Crippen LogP contribution in [0.15, 0.2) is 47.9 Å². The summed E-state index contributed by atoms with van der Waals surface area (Å²) in [6.45, 7) is 1.18. The second-order valence-electron chi connectivity index (χ2n) is 8.07. The molecule has 2 N–H and O–H groups in total. The number of aliphatic hydroxyl groups is 1. The van der Waals surface area contributed by atoms with Crippen LogP contribution in [-0.2, 0) is 30.5 Å². The third kappa shape index (κ3) is 3.62. The summed E-state index contributed by atoms with van der Waals surface area (Å²) in [5, 5.41) is 13.7. The van der Waals surface area contributed by atoms with Crippen molar-refractivity contribution in [3.05, 3.63) is 54.2 Å². The van der Waals surface area contributed by atoms with E-state index in [4.69, 9.17) is 0 Å². The Kier molecular flexibility index (Phi) is 5.09. The van der Waals surface area contributed by atoms with Crippen LogP contribution in [0.4, 0.5) is 15.8 Å². The van der Waals surface area contributed by atoms with E-state index >= 15 is 4.39 Å². The Labute approximate surface area is 190 Å². The lowest BCUT2D eigenvalue weighted by Crippen LogP contribution is -2.24. The minimum atomic E-state index is -3.96. The number of aromatic nitrogens is 4. The van der Waals surface area contributed by atoms with E-state index in [1.54, 1.807) is 43.2 Å². The molecule has 0 bridgehead atoms. The number of nitrogens with one attached hydrogen (secondary N) is 1. The number of aliphatic hydroxyl groups excluding tert-OH is 1. The average Bonchev–Trinajstić information content (AvgIpc) is 3.46. The highest BCUT2D eigenvalue weighted by molar-refractivity contribution is 7.92. The van der Waals surface area contributed by atoms with Crippen molar-refractivity contribution in [2.24, 2.45) is 14.1 Å². The van der Waals surface area contributed by atoms with Crippen LogP contribution in [0, 0.1) is 5.82 Å². The first-order valence-electron chi connectivity index (χ1n) is 10.4. The van der Waals surface area contributed by atoms with Gasteiger partial charge in [-0.25, -0.2) is 9.37 Å². The summed E-state index contributed by atoms with van der Waals surface area (Å²) in [4.78, 5) is 6.40. The fourth-order valence-corrected chi connectivity index (χ4v) is 5.40. The van der Waals surface area contributed by atoms with Gasteiger partial charge >= 0.3 is 0 Å². The van der Waals surface area contributed by atoms with E-state index in [2.05, 4.69) is 14.8 Å². The summed E-state index contributed by atoms with van der Waals surface area (Å²) in [5.41, 5.74) is 3.42. The molecule has 0 saturated carbocycles. The van der Waals surface area contributed by atoms with Gasteiger partial charge in [0.25, 0.3) is 10.0 Å². The molecule has 33 heavy (non-hydrogen) atoms. The molecule has 11 heteroatoms. The second-order valence-corrected chi connectivity index (χ2v) is 9.69. The molecule has 1 aliphatic heterocycles. The van der Waals surface area contributed by atoms with E-state index in [0.29, 0.717) is 41.7 Å². The maximum absolute atomic E-state index is 15.3. The second kappa shape index (κ2) is 7.85. The van der Waals surface area contributed by atoms with Gasteiger partial charge in [0.15, 0.2) is 5.03 Å². The molecule has 1 aromatic carbocycles. The molecule has 0 fully saturated rings. The van der Waals surface area contributed by atoms with Crippen LogP contribution in [0.1, 0.15) is 5.56 Å². The van der Waals surface area contributed by atoms with Crippen LogP contribution in [0.3, 0.4) is 0 Å². The van der Waals surface area contributed by atoms with Crippen molar-refractivity contribution in [3.63, 3.8) is 0 Å². The molecule has 3 aromatic heterocycles. The Morgan fingerprint density at radius 2 is 2.03 bits per heavy atom. The standard InChI is InChI=1S/C22H23FN6O3S/c1-27-13-16(15-12-19-14(11-17(15)23)4-8-29(19)9-10-30)21-18(3-6-24-22(21)27)26-33(31,32)20-5-7-28(2)25-20/h3,5-7,11-13,30H,4,8-10H2,1-2H3,(H,24,26). The van der Waals surface area contributed by atoms with Crippen molar-refractivity contribution < 1.29 is 17.9 Å². The highest BCUT2D eigenvalue weighted by atomic mass is 32.2. The molecule has 0 radical (unpaired) electrons. The number of benzene rings is 1. The molecule has 0 atom stereocenters. The largest absolute Gasteiger partial charge is 0.395 e. The Morgan fingerprint density at radius 1 is 1.21 bits per heavy atom. The molecule has 0 unspecified atom stereocenters. The number of aryl methyl sites for hydroxylation is 2. The van der Waals surface area contributed by atoms with Crippen LogP contribution in [0.5, 0.6) is 0 Å². The van der Waals surface area contributed by atoms with E-state index in [1.165, 1.54) is 23.0 Å². The van der Waals surface area contributed by atoms with Crippen molar-refractivity contribution in [2.45, 2.75) is 11.4 Å². The van der Waals surface area contributed by atoms with E-state index in [0.717, 1.165) is 11.3 Å². The first-order valence-corrected chi connectivity index (χ1v) is 11.9. The zero-order valence-electron chi connectivity index (χ0n) is 18.2. The van der Waals surface area contributed by atoms with Gasteiger partial charge in [0.05, 0.1) is 17.7 Å². The maximum atomic E-state index is 15.3. The van der Waals surface area contributed by atoms with Crippen molar-refractivity contribution in [1.82, 2.24) is 19.3 Å². The van der Waals surface area contributed by atoms with E-state index < -0.39 is 15.8 Å². The van der Waals surface area contributed by atoms with Crippen LogP contribution < -0.4 is 9.62 Å². The molecule has 0 amide bonds. The average molecular weight is 471 g/mol. The third-order valence-electron chi connectivity index (χ3n) is 5.89. The van der Waals surface area contributed by atoms with Gasteiger partial charge in [-0.1, -0.05) is 0 Å². The van der Waals surface area contributed by atoms with E-state index in [9.17, 15) is 13.5 Å². The summed E-state index contributed by atoms with van der Waals surface area (Å²) in [7, 11) is -0.547. The SMILES string of the molecule is Cn1ccc(S(=O)(=O)Nc2ccnc3c2c(-c2cc4c(cc2F)CCN4CCO)cn3C)n1. The predicted molar refractivity (Wildman–Crippen MR) is 123 cm³/mol. The number of fused-ring (bicyclic) bond motifs is 2. The van der Waals surface area contributed by atoms with Gasteiger partial charge in [0.2, 0.25) is 0 Å². The molecular weight excluding hydrogens is 447 g/mol. The molecule has 0 saturated heterocycles. The van der Waals surface area contributed by atoms with Crippen molar-refractivity contribution >= 4 is 32.4 Å². The number of hydrogen-bond acceptors (Lipinski definition) is 6. The minimum absolute atomic E-state index is 0.00376. The maximum Gasteiger partial charge on any atom is 0.281 e. The van der Waals surface area contributed by atoms with Crippen LogP contribution in [0.2, 0.25) is 0 Å². The number of hydrogen-bond donors (Lipinski definition) is 2. The third-order valence-corrected chi connectivity index (χ3v) is 7.14. The fourth-order valence-electron chi connectivity index (χ4n) is 4.36. The van der Waals surface area contributed by atoms with Gasteiger partial charge in [0, 0.05) is 62.6 Å². The quantitative estimate of drug-likeness (QED) is 0.448. The lowest BCUT2D eigenvalue weighted by Gasteiger charge is -2.19. The molecular formula is C22H23FN6O3S. The number of β-amino-alcohol motifs (C(OH)–C–C–N with tert-alkyl or cyclic N) is 1. The highest BCUT2D eigenvalue weighted by Gasteiger charge is 2.25. The Balaban J connectivity index is 1.66. The van der Waals surface area contributed by atoms with Gasteiger partial charge in [-0.3, -0.25) is 9.40 Å². The van der Waals surface area contributed by atoms with Gasteiger partial charge in [-0.15, -0.1) is 0 Å². The Morgan fingerprint density at radius 3 is 2.76 bits per heavy atom. The molecule has 4 heterocycles. The Bertz CT molecular complexity index is 1480. The van der Waals surface area contributed by atoms with Crippen LogP contribution in [-0.4, -0.2) is 52.6 Å². The van der Waals surface area contributed by atoms with Gasteiger partial charge in [-0.2, -0.15) is 13.5 Å². The first kappa shape index (κ1) is 21.4. The predicted octanol–water partition coefficient (Wildman–Crippen LogP) is 2.27. The fraction of sp³-hybridized carbons (Fsp3) is 0.273. The number of halogens is 1. The molecule has 1 aliphatic rings. The number of nitrogens with zero attached hydrogens (tertiary/aromatic N) is 5. The molecule has 0 spiro atoms. The zero-order chi connectivity index (χ0) is 23.3. The highest BCUT2D eigenvalue weighted by Crippen LogP contribution is 2.40. The van der Waals surface area contributed by atoms with E-state index in [1.807, 2.05) is 4.90 Å². The van der Waals surface area contributed by atoms with Crippen LogP contribution >= 0.6 is 0 Å². The van der Waals surface area contributed by atoms with Gasteiger partial charge in [0.1, 0.15) is 11.5 Å². The van der Waals surface area contributed by atoms with Gasteiger partial charge in [-0.05, 0) is 36.2 Å². The number of rotatable bonds is 6. The summed E-state index contributed by atoms with van der Waals surface area (Å²) in [6, 6.07) is 6.25. The molecule has 5 rings (SSSR count). The normalized spacial score (nSPS) is 13.6. The molecule has 4 aromatic rings. The minimum Gasteiger partial charge on any atom is -0.395 e. The van der Waals surface area contributed by atoms with Crippen molar-refractivity contribution in [3.8, 4) is 11.1 Å². The molecule has 9 nitrogen and oxygen atoms in total. The lowest BCUT2D eigenvalue weighted by molar-refractivity contribution is 0.303. The number of sulfonamides is 1. The van der Waals surface area contributed by atoms with Crippen molar-refractivity contribution in [1.29, 1.82) is 0 Å². The molecule has 0 aliphatic carbocycles.